The molecule has 0 radical (unpaired) electrons. The molecule has 1 amide bonds. The third kappa shape index (κ3) is 4.50. The molecule has 0 saturated heterocycles. The number of rotatable bonds is 5. The first kappa shape index (κ1) is 19.4. The van der Waals surface area contributed by atoms with Crippen molar-refractivity contribution in [3.63, 3.8) is 0 Å². The van der Waals surface area contributed by atoms with Crippen molar-refractivity contribution in [2.24, 2.45) is 0 Å². The summed E-state index contributed by atoms with van der Waals surface area (Å²) in [5, 5.41) is 7.89. The molecule has 1 N–H and O–H groups in total. The molecule has 140 valence electrons. The SMILES string of the molecule is CS(=O)(=O)c1ccccc1C(=O)Nc1ccnn1Cc1ccc(Cl)cc1Cl. The minimum absolute atomic E-state index is 0.0330. The van der Waals surface area contributed by atoms with E-state index in [1.165, 1.54) is 18.3 Å². The first-order valence-electron chi connectivity index (χ1n) is 7.82. The number of carbonyl (C=O) groups is 1. The van der Waals surface area contributed by atoms with Gasteiger partial charge in [-0.25, -0.2) is 13.1 Å². The average Bonchev–Trinajstić information content (AvgIpc) is 3.03. The lowest BCUT2D eigenvalue weighted by atomic mass is 10.2. The van der Waals surface area contributed by atoms with Crippen molar-refractivity contribution in [3.05, 3.63) is 75.9 Å². The van der Waals surface area contributed by atoms with Crippen LogP contribution in [0.5, 0.6) is 0 Å². The number of aromatic nitrogens is 2. The van der Waals surface area contributed by atoms with Crippen LogP contribution in [-0.4, -0.2) is 30.4 Å². The smallest absolute Gasteiger partial charge is 0.258 e. The molecule has 0 bridgehead atoms. The monoisotopic (exact) mass is 423 g/mol. The molecule has 0 atom stereocenters. The maximum absolute atomic E-state index is 12.6. The molecule has 0 spiro atoms. The van der Waals surface area contributed by atoms with Crippen LogP contribution in [0.15, 0.2) is 59.6 Å². The predicted octanol–water partition coefficient (Wildman–Crippen LogP) is 3.89. The number of benzene rings is 2. The molecule has 0 fully saturated rings. The molecular weight excluding hydrogens is 409 g/mol. The highest BCUT2D eigenvalue weighted by atomic mass is 35.5. The number of amides is 1. The summed E-state index contributed by atoms with van der Waals surface area (Å²) in [6.45, 7) is 0.312. The van der Waals surface area contributed by atoms with E-state index in [2.05, 4.69) is 10.4 Å². The Bertz CT molecular complexity index is 1110. The van der Waals surface area contributed by atoms with Gasteiger partial charge in [-0.05, 0) is 29.8 Å². The first-order chi connectivity index (χ1) is 12.8. The second-order valence-electron chi connectivity index (χ2n) is 5.83. The van der Waals surface area contributed by atoms with Crippen LogP contribution in [0, 0.1) is 0 Å². The largest absolute Gasteiger partial charge is 0.307 e. The Hall–Kier alpha value is -2.35. The van der Waals surface area contributed by atoms with Gasteiger partial charge in [0.05, 0.1) is 23.2 Å². The molecule has 3 aromatic rings. The van der Waals surface area contributed by atoms with Gasteiger partial charge in [-0.2, -0.15) is 5.10 Å². The van der Waals surface area contributed by atoms with E-state index in [9.17, 15) is 13.2 Å². The number of hydrogen-bond donors (Lipinski definition) is 1. The fraction of sp³-hybridized carbons (Fsp3) is 0.111. The topological polar surface area (TPSA) is 81.1 Å². The van der Waals surface area contributed by atoms with Crippen LogP contribution in [-0.2, 0) is 16.4 Å². The lowest BCUT2D eigenvalue weighted by Gasteiger charge is -2.12. The van der Waals surface area contributed by atoms with Gasteiger partial charge in [0.1, 0.15) is 5.82 Å². The van der Waals surface area contributed by atoms with Gasteiger partial charge in [-0.3, -0.25) is 4.79 Å². The third-order valence-electron chi connectivity index (χ3n) is 3.82. The quantitative estimate of drug-likeness (QED) is 0.674. The predicted molar refractivity (Wildman–Crippen MR) is 105 cm³/mol. The van der Waals surface area contributed by atoms with Crippen molar-refractivity contribution >= 4 is 44.8 Å². The van der Waals surface area contributed by atoms with Gasteiger partial charge in [0.25, 0.3) is 5.91 Å². The Morgan fingerprint density at radius 1 is 1.15 bits per heavy atom. The first-order valence-corrected chi connectivity index (χ1v) is 10.5. The summed E-state index contributed by atoms with van der Waals surface area (Å²) in [5.74, 6) is -0.130. The van der Waals surface area contributed by atoms with Crippen molar-refractivity contribution in [2.75, 3.05) is 11.6 Å². The minimum atomic E-state index is -3.54. The zero-order valence-electron chi connectivity index (χ0n) is 14.2. The number of halogens is 2. The molecule has 0 aliphatic rings. The summed E-state index contributed by atoms with van der Waals surface area (Å²) in [4.78, 5) is 12.6. The van der Waals surface area contributed by atoms with Crippen LogP contribution < -0.4 is 5.32 Å². The van der Waals surface area contributed by atoms with Gasteiger partial charge in [0, 0.05) is 22.4 Å². The molecule has 27 heavy (non-hydrogen) atoms. The summed E-state index contributed by atoms with van der Waals surface area (Å²) in [6, 6.07) is 12.8. The number of anilines is 1. The molecule has 0 saturated carbocycles. The number of carbonyl (C=O) groups excluding carboxylic acids is 1. The highest BCUT2D eigenvalue weighted by Crippen LogP contribution is 2.23. The van der Waals surface area contributed by atoms with Crippen LogP contribution in [0.4, 0.5) is 5.82 Å². The molecule has 3 rings (SSSR count). The van der Waals surface area contributed by atoms with Gasteiger partial charge in [-0.1, -0.05) is 41.4 Å². The maximum atomic E-state index is 12.6. The third-order valence-corrected chi connectivity index (χ3v) is 5.57. The van der Waals surface area contributed by atoms with Gasteiger partial charge >= 0.3 is 0 Å². The van der Waals surface area contributed by atoms with E-state index in [1.807, 2.05) is 0 Å². The van der Waals surface area contributed by atoms with Crippen LogP contribution in [0.2, 0.25) is 10.0 Å². The van der Waals surface area contributed by atoms with E-state index in [1.54, 1.807) is 41.1 Å². The maximum Gasteiger partial charge on any atom is 0.258 e. The van der Waals surface area contributed by atoms with E-state index in [-0.39, 0.29) is 10.5 Å². The minimum Gasteiger partial charge on any atom is -0.307 e. The molecule has 0 unspecified atom stereocenters. The van der Waals surface area contributed by atoms with Crippen molar-refractivity contribution in [1.82, 2.24) is 9.78 Å². The van der Waals surface area contributed by atoms with E-state index in [0.29, 0.717) is 22.4 Å². The summed E-state index contributed by atoms with van der Waals surface area (Å²) in [7, 11) is -3.54. The Kier molecular flexibility index (Phi) is 5.55. The molecule has 2 aromatic carbocycles. The van der Waals surface area contributed by atoms with E-state index in [4.69, 9.17) is 23.2 Å². The molecule has 6 nitrogen and oxygen atoms in total. The Morgan fingerprint density at radius 2 is 1.89 bits per heavy atom. The number of hydrogen-bond acceptors (Lipinski definition) is 4. The number of nitrogens with one attached hydrogen (secondary N) is 1. The Balaban J connectivity index is 1.86. The summed E-state index contributed by atoms with van der Waals surface area (Å²) >= 11 is 12.1. The molecule has 1 aromatic heterocycles. The van der Waals surface area contributed by atoms with Crippen molar-refractivity contribution < 1.29 is 13.2 Å². The molecule has 0 aliphatic carbocycles. The standard InChI is InChI=1S/C18H15Cl2N3O3S/c1-27(25,26)16-5-3-2-4-14(16)18(24)22-17-8-9-21-23(17)11-12-6-7-13(19)10-15(12)20/h2-10H,11H2,1H3,(H,22,24). The second-order valence-corrected chi connectivity index (χ2v) is 8.66. The van der Waals surface area contributed by atoms with Crippen LogP contribution in [0.3, 0.4) is 0 Å². The fourth-order valence-electron chi connectivity index (χ4n) is 2.54. The van der Waals surface area contributed by atoms with Crippen LogP contribution >= 0.6 is 23.2 Å². The van der Waals surface area contributed by atoms with Gasteiger partial charge in [-0.15, -0.1) is 0 Å². The molecule has 1 heterocycles. The normalized spacial score (nSPS) is 11.4. The molecular formula is C18H15Cl2N3O3S. The summed E-state index contributed by atoms with van der Waals surface area (Å²) < 4.78 is 25.4. The molecule has 0 aliphatic heterocycles. The highest BCUT2D eigenvalue weighted by Gasteiger charge is 2.19. The van der Waals surface area contributed by atoms with E-state index >= 15 is 0 Å². The summed E-state index contributed by atoms with van der Waals surface area (Å²) in [6.07, 6.45) is 2.59. The zero-order valence-corrected chi connectivity index (χ0v) is 16.5. The lowest BCUT2D eigenvalue weighted by molar-refractivity contribution is 0.102. The Morgan fingerprint density at radius 3 is 2.59 bits per heavy atom. The second kappa shape index (κ2) is 7.72. The number of sulfone groups is 1. The fourth-order valence-corrected chi connectivity index (χ4v) is 3.89. The zero-order chi connectivity index (χ0) is 19.6. The average molecular weight is 424 g/mol. The van der Waals surface area contributed by atoms with E-state index in [0.717, 1.165) is 11.8 Å². The van der Waals surface area contributed by atoms with Crippen LogP contribution in [0.25, 0.3) is 0 Å². The highest BCUT2D eigenvalue weighted by molar-refractivity contribution is 7.90. The van der Waals surface area contributed by atoms with Gasteiger partial charge in [0.15, 0.2) is 9.84 Å². The van der Waals surface area contributed by atoms with Crippen molar-refractivity contribution in [3.8, 4) is 0 Å². The Labute approximate surface area is 166 Å². The van der Waals surface area contributed by atoms with Crippen LogP contribution in [0.1, 0.15) is 15.9 Å². The lowest BCUT2D eigenvalue weighted by Crippen LogP contribution is -2.18. The summed E-state index contributed by atoms with van der Waals surface area (Å²) in [5.41, 5.74) is 0.842. The van der Waals surface area contributed by atoms with Gasteiger partial charge in [0.2, 0.25) is 0 Å². The van der Waals surface area contributed by atoms with Crippen molar-refractivity contribution in [2.45, 2.75) is 11.4 Å². The number of nitrogens with zero attached hydrogens (tertiary/aromatic N) is 2. The van der Waals surface area contributed by atoms with Crippen molar-refractivity contribution in [1.29, 1.82) is 0 Å². The molecule has 9 heteroatoms. The van der Waals surface area contributed by atoms with Gasteiger partial charge < -0.3 is 5.32 Å². The van der Waals surface area contributed by atoms with E-state index < -0.39 is 15.7 Å².